The van der Waals surface area contributed by atoms with E-state index in [1.807, 2.05) is 12.3 Å². The summed E-state index contributed by atoms with van der Waals surface area (Å²) in [7, 11) is 1.72. The number of nitrogens with one attached hydrogen (secondary N) is 3. The van der Waals surface area contributed by atoms with Gasteiger partial charge in [-0.2, -0.15) is 0 Å². The zero-order chi connectivity index (χ0) is 18.5. The number of benzene rings is 1. The van der Waals surface area contributed by atoms with Crippen LogP contribution < -0.4 is 10.6 Å². The monoisotopic (exact) mass is 357 g/mol. The summed E-state index contributed by atoms with van der Waals surface area (Å²) in [5.74, 6) is 1.56. The molecule has 0 aliphatic carbocycles. The van der Waals surface area contributed by atoms with Crippen LogP contribution in [0.1, 0.15) is 36.8 Å². The minimum Gasteiger partial charge on any atom is -0.361 e. The fraction of sp³-hybridized carbons (Fsp3) is 0.368. The van der Waals surface area contributed by atoms with Gasteiger partial charge in [0.2, 0.25) is 0 Å². The second-order valence-corrected chi connectivity index (χ2v) is 6.48. The molecule has 6 nitrogen and oxygen atoms in total. The van der Waals surface area contributed by atoms with E-state index in [-0.39, 0.29) is 5.82 Å². The average molecular weight is 357 g/mol. The van der Waals surface area contributed by atoms with Gasteiger partial charge in [0.15, 0.2) is 11.7 Å². The highest BCUT2D eigenvalue weighted by molar-refractivity contribution is 5.83. The molecule has 2 heterocycles. The topological polar surface area (TPSA) is 78.2 Å². The molecule has 0 unspecified atom stereocenters. The van der Waals surface area contributed by atoms with E-state index >= 15 is 0 Å². The molecular weight excluding hydrogens is 333 g/mol. The number of rotatable bonds is 6. The van der Waals surface area contributed by atoms with Crippen LogP contribution in [0.2, 0.25) is 0 Å². The van der Waals surface area contributed by atoms with Crippen LogP contribution in [0.5, 0.6) is 0 Å². The fourth-order valence-corrected chi connectivity index (χ4v) is 2.75. The fourth-order valence-electron chi connectivity index (χ4n) is 2.75. The lowest BCUT2D eigenvalue weighted by molar-refractivity contribution is 0.372. The molecule has 0 spiro atoms. The van der Waals surface area contributed by atoms with Gasteiger partial charge >= 0.3 is 0 Å². The molecular formula is C19H24FN5O. The van der Waals surface area contributed by atoms with Crippen LogP contribution in [0.15, 0.2) is 40.0 Å². The van der Waals surface area contributed by atoms with Gasteiger partial charge in [-0.1, -0.05) is 19.0 Å². The molecule has 1 aromatic carbocycles. The number of halogens is 1. The molecule has 0 aliphatic heterocycles. The summed E-state index contributed by atoms with van der Waals surface area (Å²) in [5, 5.41) is 11.4. The Morgan fingerprint density at radius 1 is 1.31 bits per heavy atom. The van der Waals surface area contributed by atoms with Gasteiger partial charge in [-0.25, -0.2) is 4.39 Å². The Balaban J connectivity index is 1.51. The maximum Gasteiger partial charge on any atom is 0.191 e. The molecule has 0 saturated carbocycles. The van der Waals surface area contributed by atoms with Gasteiger partial charge in [-0.3, -0.25) is 4.99 Å². The summed E-state index contributed by atoms with van der Waals surface area (Å²) in [4.78, 5) is 7.37. The Morgan fingerprint density at radius 2 is 2.15 bits per heavy atom. The van der Waals surface area contributed by atoms with Gasteiger partial charge in [-0.05, 0) is 36.1 Å². The highest BCUT2D eigenvalue weighted by Gasteiger charge is 2.09. The molecule has 0 radical (unpaired) electrons. The van der Waals surface area contributed by atoms with E-state index in [9.17, 15) is 4.39 Å². The molecule has 0 amide bonds. The molecule has 3 N–H and O–H groups in total. The van der Waals surface area contributed by atoms with Crippen molar-refractivity contribution in [3.8, 4) is 0 Å². The molecule has 26 heavy (non-hydrogen) atoms. The van der Waals surface area contributed by atoms with Gasteiger partial charge < -0.3 is 20.1 Å². The Morgan fingerprint density at radius 3 is 2.88 bits per heavy atom. The summed E-state index contributed by atoms with van der Waals surface area (Å²) in [6.07, 6.45) is 2.67. The molecule has 138 valence electrons. The SMILES string of the molecule is CN=C(NCCc1c[nH]c2ccc(F)cc12)NCc1cc(C(C)C)no1. The van der Waals surface area contributed by atoms with Crippen molar-refractivity contribution >= 4 is 16.9 Å². The Hall–Kier alpha value is -2.83. The van der Waals surface area contributed by atoms with Gasteiger partial charge in [0.25, 0.3) is 0 Å². The van der Waals surface area contributed by atoms with Gasteiger partial charge in [0.1, 0.15) is 5.82 Å². The van der Waals surface area contributed by atoms with Gasteiger partial charge in [-0.15, -0.1) is 0 Å². The van der Waals surface area contributed by atoms with Crippen molar-refractivity contribution in [2.45, 2.75) is 32.7 Å². The maximum atomic E-state index is 13.4. The molecule has 0 aliphatic rings. The highest BCUT2D eigenvalue weighted by atomic mass is 19.1. The van der Waals surface area contributed by atoms with E-state index in [0.717, 1.165) is 34.3 Å². The molecule has 0 saturated heterocycles. The number of H-pyrrole nitrogens is 1. The molecule has 0 atom stereocenters. The van der Waals surface area contributed by atoms with Crippen molar-refractivity contribution in [3.63, 3.8) is 0 Å². The number of hydrogen-bond acceptors (Lipinski definition) is 3. The summed E-state index contributed by atoms with van der Waals surface area (Å²) in [5.41, 5.74) is 2.95. The summed E-state index contributed by atoms with van der Waals surface area (Å²) >= 11 is 0. The zero-order valence-electron chi connectivity index (χ0n) is 15.3. The van der Waals surface area contributed by atoms with E-state index in [4.69, 9.17) is 4.52 Å². The van der Waals surface area contributed by atoms with Crippen LogP contribution in [-0.2, 0) is 13.0 Å². The van der Waals surface area contributed by atoms with E-state index in [1.165, 1.54) is 6.07 Å². The zero-order valence-corrected chi connectivity index (χ0v) is 15.3. The number of guanidine groups is 1. The minimum absolute atomic E-state index is 0.225. The van der Waals surface area contributed by atoms with Crippen molar-refractivity contribution in [2.24, 2.45) is 4.99 Å². The van der Waals surface area contributed by atoms with Crippen LogP contribution in [0.3, 0.4) is 0 Å². The van der Waals surface area contributed by atoms with E-state index in [0.29, 0.717) is 25.0 Å². The minimum atomic E-state index is -0.225. The Kier molecular flexibility index (Phi) is 5.55. The third-order valence-electron chi connectivity index (χ3n) is 4.24. The van der Waals surface area contributed by atoms with Crippen molar-refractivity contribution in [1.29, 1.82) is 0 Å². The normalized spacial score (nSPS) is 12.1. The number of aromatic nitrogens is 2. The highest BCUT2D eigenvalue weighted by Crippen LogP contribution is 2.19. The third-order valence-corrected chi connectivity index (χ3v) is 4.24. The number of aliphatic imine (C=N–C) groups is 1. The molecule has 3 aromatic rings. The first-order valence-electron chi connectivity index (χ1n) is 8.72. The number of hydrogen-bond donors (Lipinski definition) is 3. The molecule has 0 bridgehead atoms. The quantitative estimate of drug-likeness (QED) is 0.467. The van der Waals surface area contributed by atoms with Crippen molar-refractivity contribution in [3.05, 3.63) is 53.3 Å². The summed E-state index contributed by atoms with van der Waals surface area (Å²) in [6.45, 7) is 5.34. The van der Waals surface area contributed by atoms with Crippen LogP contribution >= 0.6 is 0 Å². The Bertz CT molecular complexity index is 896. The standard InChI is InChI=1S/C19H24FN5O/c1-12(2)18-9-15(26-25-18)11-24-19(21-3)22-7-6-13-10-23-17-5-4-14(20)8-16(13)17/h4-5,8-10,12,23H,6-7,11H2,1-3H3,(H2,21,22,24). The summed E-state index contributed by atoms with van der Waals surface area (Å²) in [6, 6.07) is 6.72. The van der Waals surface area contributed by atoms with Crippen molar-refractivity contribution in [2.75, 3.05) is 13.6 Å². The van der Waals surface area contributed by atoms with Gasteiger partial charge in [0.05, 0.1) is 12.2 Å². The second-order valence-electron chi connectivity index (χ2n) is 6.48. The van der Waals surface area contributed by atoms with E-state index in [2.05, 4.69) is 39.6 Å². The number of nitrogens with zero attached hydrogens (tertiary/aromatic N) is 2. The van der Waals surface area contributed by atoms with E-state index in [1.54, 1.807) is 19.2 Å². The molecule has 7 heteroatoms. The summed E-state index contributed by atoms with van der Waals surface area (Å²) < 4.78 is 18.7. The predicted molar refractivity (Wildman–Crippen MR) is 101 cm³/mol. The van der Waals surface area contributed by atoms with Crippen LogP contribution in [0, 0.1) is 5.82 Å². The lowest BCUT2D eigenvalue weighted by Crippen LogP contribution is -2.37. The van der Waals surface area contributed by atoms with Crippen molar-refractivity contribution < 1.29 is 8.91 Å². The second kappa shape index (κ2) is 8.03. The lowest BCUT2D eigenvalue weighted by atomic mass is 10.1. The van der Waals surface area contributed by atoms with Crippen LogP contribution in [-0.4, -0.2) is 29.7 Å². The smallest absolute Gasteiger partial charge is 0.191 e. The first-order chi connectivity index (χ1) is 12.6. The third kappa shape index (κ3) is 4.22. The average Bonchev–Trinajstić information content (AvgIpc) is 3.25. The lowest BCUT2D eigenvalue weighted by Gasteiger charge is -2.10. The first kappa shape index (κ1) is 18.0. The molecule has 2 aromatic heterocycles. The van der Waals surface area contributed by atoms with Crippen LogP contribution in [0.25, 0.3) is 10.9 Å². The van der Waals surface area contributed by atoms with Crippen molar-refractivity contribution in [1.82, 2.24) is 20.8 Å². The Labute approximate surface area is 151 Å². The van der Waals surface area contributed by atoms with Gasteiger partial charge in [0, 0.05) is 36.8 Å². The molecule has 3 rings (SSSR count). The largest absolute Gasteiger partial charge is 0.361 e. The van der Waals surface area contributed by atoms with Crippen LogP contribution in [0.4, 0.5) is 4.39 Å². The predicted octanol–water partition coefficient (Wildman–Crippen LogP) is 3.33. The maximum absolute atomic E-state index is 13.4. The van der Waals surface area contributed by atoms with E-state index < -0.39 is 0 Å². The number of aromatic amines is 1. The molecule has 0 fully saturated rings. The first-order valence-corrected chi connectivity index (χ1v) is 8.72. The number of fused-ring (bicyclic) bond motifs is 1.